The number of nitrogens with zero attached hydrogens (tertiary/aromatic N) is 1. The molecule has 1 N–H and O–H groups in total. The first-order valence-corrected chi connectivity index (χ1v) is 9.37. The number of ether oxygens (including phenoxy) is 3. The van der Waals surface area contributed by atoms with Gasteiger partial charge in [0.2, 0.25) is 0 Å². The van der Waals surface area contributed by atoms with E-state index in [2.05, 4.69) is 11.8 Å². The zero-order chi connectivity index (χ0) is 19.6. The monoisotopic (exact) mass is 373 g/mol. The van der Waals surface area contributed by atoms with Gasteiger partial charge in [0.05, 0.1) is 14.2 Å². The molecular weight excluding hydrogens is 342 g/mol. The van der Waals surface area contributed by atoms with Crippen LogP contribution in [-0.2, 0) is 6.54 Å². The van der Waals surface area contributed by atoms with E-state index < -0.39 is 6.10 Å². The molecule has 0 saturated carbocycles. The van der Waals surface area contributed by atoms with Crippen molar-refractivity contribution in [3.05, 3.63) is 53.6 Å². The van der Waals surface area contributed by atoms with Gasteiger partial charge in [-0.15, -0.1) is 0 Å². The molecule has 0 heterocycles. The lowest BCUT2D eigenvalue weighted by Gasteiger charge is -2.25. The maximum Gasteiger partial charge on any atom is 0.161 e. The van der Waals surface area contributed by atoms with Gasteiger partial charge in [0.25, 0.3) is 0 Å². The quantitative estimate of drug-likeness (QED) is 0.651. The average Bonchev–Trinajstić information content (AvgIpc) is 2.67. The van der Waals surface area contributed by atoms with Crippen molar-refractivity contribution in [2.45, 2.75) is 32.9 Å². The zero-order valence-corrected chi connectivity index (χ0v) is 16.8. The molecule has 0 aliphatic heterocycles. The molecular formula is C22H31NO4. The van der Waals surface area contributed by atoms with Crippen molar-refractivity contribution in [3.63, 3.8) is 0 Å². The van der Waals surface area contributed by atoms with Gasteiger partial charge in [-0.05, 0) is 49.2 Å². The standard InChI is InChI=1S/C22H31NO4/c1-5-12-23(14-18-10-11-21(25-3)22(13-18)26-4)15-19(24)16-27-20-9-7-6-8-17(20)2/h6-11,13,19,24H,5,12,14-16H2,1-4H3/t19-/m1/s1. The van der Waals surface area contributed by atoms with E-state index in [4.69, 9.17) is 14.2 Å². The van der Waals surface area contributed by atoms with Gasteiger partial charge >= 0.3 is 0 Å². The lowest BCUT2D eigenvalue weighted by atomic mass is 10.1. The van der Waals surface area contributed by atoms with Crippen molar-refractivity contribution in [1.29, 1.82) is 0 Å². The van der Waals surface area contributed by atoms with Gasteiger partial charge in [0, 0.05) is 13.1 Å². The van der Waals surface area contributed by atoms with Gasteiger partial charge in [-0.3, -0.25) is 4.90 Å². The molecule has 5 nitrogen and oxygen atoms in total. The summed E-state index contributed by atoms with van der Waals surface area (Å²) in [7, 11) is 3.27. The highest BCUT2D eigenvalue weighted by Gasteiger charge is 2.14. The zero-order valence-electron chi connectivity index (χ0n) is 16.8. The van der Waals surface area contributed by atoms with Crippen molar-refractivity contribution in [2.75, 3.05) is 33.9 Å². The summed E-state index contributed by atoms with van der Waals surface area (Å²) in [6.07, 6.45) is 0.454. The largest absolute Gasteiger partial charge is 0.493 e. The summed E-state index contributed by atoms with van der Waals surface area (Å²) < 4.78 is 16.5. The second-order valence-corrected chi connectivity index (χ2v) is 6.65. The first-order valence-electron chi connectivity index (χ1n) is 9.37. The number of hydrogen-bond donors (Lipinski definition) is 1. The number of aryl methyl sites for hydroxylation is 1. The van der Waals surface area contributed by atoms with Gasteiger partial charge in [-0.1, -0.05) is 31.2 Å². The summed E-state index contributed by atoms with van der Waals surface area (Å²) in [5.74, 6) is 2.25. The van der Waals surface area contributed by atoms with Crippen LogP contribution in [0, 0.1) is 6.92 Å². The van der Waals surface area contributed by atoms with Crippen LogP contribution in [0.1, 0.15) is 24.5 Å². The van der Waals surface area contributed by atoms with Gasteiger partial charge in [-0.2, -0.15) is 0 Å². The molecule has 0 aliphatic carbocycles. The molecule has 0 aromatic heterocycles. The van der Waals surface area contributed by atoms with Gasteiger partial charge in [0.1, 0.15) is 18.5 Å². The Kier molecular flexibility index (Phi) is 8.43. The van der Waals surface area contributed by atoms with Crippen molar-refractivity contribution < 1.29 is 19.3 Å². The Morgan fingerprint density at radius 3 is 2.41 bits per heavy atom. The molecule has 0 fully saturated rings. The lowest BCUT2D eigenvalue weighted by molar-refractivity contribution is 0.0653. The van der Waals surface area contributed by atoms with Crippen LogP contribution < -0.4 is 14.2 Å². The highest BCUT2D eigenvalue weighted by Crippen LogP contribution is 2.28. The number of hydrogen-bond acceptors (Lipinski definition) is 5. The summed E-state index contributed by atoms with van der Waals surface area (Å²) in [5, 5.41) is 10.4. The summed E-state index contributed by atoms with van der Waals surface area (Å²) in [6.45, 7) is 6.59. The van der Waals surface area contributed by atoms with E-state index in [0.29, 0.717) is 6.54 Å². The van der Waals surface area contributed by atoms with Gasteiger partial charge in [0.15, 0.2) is 11.5 Å². The summed E-state index contributed by atoms with van der Waals surface area (Å²) in [5.41, 5.74) is 2.19. The molecule has 148 valence electrons. The smallest absolute Gasteiger partial charge is 0.161 e. The van der Waals surface area contributed by atoms with Crippen LogP contribution in [0.5, 0.6) is 17.2 Å². The molecule has 0 unspecified atom stereocenters. The third-order valence-electron chi connectivity index (χ3n) is 4.39. The highest BCUT2D eigenvalue weighted by molar-refractivity contribution is 5.42. The number of rotatable bonds is 11. The lowest BCUT2D eigenvalue weighted by Crippen LogP contribution is -2.35. The minimum atomic E-state index is -0.559. The molecule has 2 aromatic rings. The average molecular weight is 373 g/mol. The first-order chi connectivity index (χ1) is 13.1. The molecule has 0 saturated heterocycles. The molecule has 0 spiro atoms. The predicted molar refractivity (Wildman–Crippen MR) is 108 cm³/mol. The van der Waals surface area contributed by atoms with E-state index in [-0.39, 0.29) is 6.61 Å². The van der Waals surface area contributed by atoms with Crippen molar-refractivity contribution in [1.82, 2.24) is 4.90 Å². The second kappa shape index (κ2) is 10.8. The minimum Gasteiger partial charge on any atom is -0.493 e. The van der Waals surface area contributed by atoms with E-state index in [1.54, 1.807) is 14.2 Å². The van der Waals surface area contributed by atoms with E-state index in [1.807, 2.05) is 49.4 Å². The van der Waals surface area contributed by atoms with E-state index >= 15 is 0 Å². The normalized spacial score (nSPS) is 12.1. The summed E-state index contributed by atoms with van der Waals surface area (Å²) in [6, 6.07) is 13.8. The summed E-state index contributed by atoms with van der Waals surface area (Å²) in [4.78, 5) is 2.23. The number of aliphatic hydroxyl groups excluding tert-OH is 1. The van der Waals surface area contributed by atoms with Crippen LogP contribution in [0.25, 0.3) is 0 Å². The van der Waals surface area contributed by atoms with E-state index in [1.165, 1.54) is 0 Å². The molecule has 0 amide bonds. The number of aliphatic hydroxyl groups is 1. The summed E-state index contributed by atoms with van der Waals surface area (Å²) >= 11 is 0. The topological polar surface area (TPSA) is 51.2 Å². The number of benzene rings is 2. The Morgan fingerprint density at radius 1 is 1.00 bits per heavy atom. The Hall–Kier alpha value is -2.24. The Labute approximate surface area is 162 Å². The van der Waals surface area contributed by atoms with Crippen LogP contribution in [0.15, 0.2) is 42.5 Å². The maximum absolute atomic E-state index is 10.4. The Balaban J connectivity index is 1.95. The number of methoxy groups -OCH3 is 2. The number of para-hydroxylation sites is 1. The fourth-order valence-electron chi connectivity index (χ4n) is 3.04. The van der Waals surface area contributed by atoms with Crippen LogP contribution in [0.2, 0.25) is 0 Å². The van der Waals surface area contributed by atoms with Crippen molar-refractivity contribution in [2.24, 2.45) is 0 Å². The highest BCUT2D eigenvalue weighted by atomic mass is 16.5. The molecule has 0 bridgehead atoms. The van der Waals surface area contributed by atoms with E-state index in [0.717, 1.165) is 47.9 Å². The third-order valence-corrected chi connectivity index (χ3v) is 4.39. The SMILES string of the molecule is CCCN(Cc1ccc(OC)c(OC)c1)C[C@@H](O)COc1ccccc1C. The minimum absolute atomic E-state index is 0.275. The Bertz CT molecular complexity index is 704. The second-order valence-electron chi connectivity index (χ2n) is 6.65. The van der Waals surface area contributed by atoms with Gasteiger partial charge in [-0.25, -0.2) is 0 Å². The molecule has 2 aromatic carbocycles. The van der Waals surface area contributed by atoms with Crippen LogP contribution in [-0.4, -0.2) is 50.0 Å². The van der Waals surface area contributed by atoms with Crippen LogP contribution in [0.4, 0.5) is 0 Å². The fraction of sp³-hybridized carbons (Fsp3) is 0.455. The molecule has 2 rings (SSSR count). The molecule has 1 atom stereocenters. The van der Waals surface area contributed by atoms with Crippen LogP contribution in [0.3, 0.4) is 0 Å². The van der Waals surface area contributed by atoms with Crippen molar-refractivity contribution in [3.8, 4) is 17.2 Å². The molecule has 5 heteroatoms. The third kappa shape index (κ3) is 6.45. The molecule has 0 aliphatic rings. The maximum atomic E-state index is 10.4. The fourth-order valence-corrected chi connectivity index (χ4v) is 3.04. The van der Waals surface area contributed by atoms with E-state index in [9.17, 15) is 5.11 Å². The Morgan fingerprint density at radius 2 is 1.74 bits per heavy atom. The van der Waals surface area contributed by atoms with Crippen molar-refractivity contribution >= 4 is 0 Å². The molecule has 0 radical (unpaired) electrons. The van der Waals surface area contributed by atoms with Crippen LogP contribution >= 0.6 is 0 Å². The molecule has 27 heavy (non-hydrogen) atoms. The first kappa shape index (κ1) is 21.1. The predicted octanol–water partition coefficient (Wildman–Crippen LogP) is 3.66. The van der Waals surface area contributed by atoms with Gasteiger partial charge < -0.3 is 19.3 Å².